The summed E-state index contributed by atoms with van der Waals surface area (Å²) in [5, 5.41) is 0. The molecule has 0 unspecified atom stereocenters. The zero-order chi connectivity index (χ0) is 17.3. The highest BCUT2D eigenvalue weighted by molar-refractivity contribution is 5.81. The Balaban J connectivity index is 2.02. The van der Waals surface area contributed by atoms with Gasteiger partial charge < -0.3 is 9.15 Å². The number of fused-ring (bicyclic) bond motifs is 1. The summed E-state index contributed by atoms with van der Waals surface area (Å²) in [5.74, 6) is 1.20. The van der Waals surface area contributed by atoms with Crippen LogP contribution in [0.3, 0.4) is 0 Å². The molecule has 0 atom stereocenters. The first-order valence-electron chi connectivity index (χ1n) is 8.12. The molecule has 0 aliphatic carbocycles. The molecule has 0 aliphatic heterocycles. The molecule has 1 aromatic carbocycles. The molecule has 124 valence electrons. The Kier molecular flexibility index (Phi) is 4.38. The van der Waals surface area contributed by atoms with Gasteiger partial charge in [-0.05, 0) is 56.0 Å². The van der Waals surface area contributed by atoms with Gasteiger partial charge in [0.2, 0.25) is 11.8 Å². The molecule has 0 N–H and O–H groups in total. The monoisotopic (exact) mass is 322 g/mol. The van der Waals surface area contributed by atoms with Gasteiger partial charge in [-0.25, -0.2) is 9.97 Å². The van der Waals surface area contributed by atoms with E-state index in [0.29, 0.717) is 11.8 Å². The van der Waals surface area contributed by atoms with Crippen LogP contribution >= 0.6 is 0 Å². The van der Waals surface area contributed by atoms with E-state index < -0.39 is 0 Å². The number of aryl methyl sites for hydroxylation is 4. The number of hydrogen-bond donors (Lipinski definition) is 0. The minimum absolute atomic E-state index is 0.586. The number of ether oxygens (including phenoxy) is 1. The summed E-state index contributed by atoms with van der Waals surface area (Å²) in [5.41, 5.74) is 7.10. The highest BCUT2D eigenvalue weighted by Crippen LogP contribution is 2.25. The smallest absolute Gasteiger partial charge is 0.220 e. The Hall–Kier alpha value is -2.62. The van der Waals surface area contributed by atoms with Crippen LogP contribution in [0.1, 0.15) is 40.8 Å². The van der Waals surface area contributed by atoms with Crippen molar-refractivity contribution in [2.45, 2.75) is 34.1 Å². The molecule has 0 radical (unpaired) electrons. The number of methoxy groups -OCH3 is 1. The van der Waals surface area contributed by atoms with E-state index in [4.69, 9.17) is 9.15 Å². The average molecular weight is 322 g/mol. The van der Waals surface area contributed by atoms with Crippen molar-refractivity contribution in [3.63, 3.8) is 0 Å². The highest BCUT2D eigenvalue weighted by atomic mass is 16.5. The molecule has 3 aromatic rings. The van der Waals surface area contributed by atoms with Gasteiger partial charge in [0.1, 0.15) is 5.52 Å². The Labute approximate surface area is 142 Å². The van der Waals surface area contributed by atoms with E-state index in [1.54, 1.807) is 7.11 Å². The molecule has 2 heterocycles. The van der Waals surface area contributed by atoms with Crippen molar-refractivity contribution in [1.29, 1.82) is 0 Å². The standard InChI is InChI=1S/C20H22N2O2/c1-6-15-11-16(20(23-5)21-14(15)4)9-10-17-22-18-12(2)7-8-13(3)19(18)24-17/h7-11H,6H2,1-5H3. The third kappa shape index (κ3) is 2.92. The molecular formula is C20H22N2O2. The van der Waals surface area contributed by atoms with Crippen LogP contribution in [0.15, 0.2) is 22.6 Å². The number of rotatable bonds is 4. The Morgan fingerprint density at radius 2 is 1.83 bits per heavy atom. The summed E-state index contributed by atoms with van der Waals surface area (Å²) in [4.78, 5) is 9.11. The van der Waals surface area contributed by atoms with Gasteiger partial charge in [0.25, 0.3) is 0 Å². The summed E-state index contributed by atoms with van der Waals surface area (Å²) in [6.45, 7) is 8.19. The van der Waals surface area contributed by atoms with Crippen LogP contribution in [0, 0.1) is 20.8 Å². The molecule has 2 aromatic heterocycles. The van der Waals surface area contributed by atoms with Gasteiger partial charge in [0.15, 0.2) is 5.58 Å². The molecule has 0 saturated carbocycles. The number of nitrogens with zero attached hydrogens (tertiary/aromatic N) is 2. The summed E-state index contributed by atoms with van der Waals surface area (Å²) in [6, 6.07) is 6.22. The quantitative estimate of drug-likeness (QED) is 0.686. The second kappa shape index (κ2) is 6.48. The van der Waals surface area contributed by atoms with Gasteiger partial charge in [-0.15, -0.1) is 0 Å². The number of pyridine rings is 1. The lowest BCUT2D eigenvalue weighted by Crippen LogP contribution is -1.97. The lowest BCUT2D eigenvalue weighted by Gasteiger charge is -2.08. The van der Waals surface area contributed by atoms with E-state index in [9.17, 15) is 0 Å². The van der Waals surface area contributed by atoms with Gasteiger partial charge in [-0.1, -0.05) is 19.1 Å². The third-order valence-electron chi connectivity index (χ3n) is 4.25. The van der Waals surface area contributed by atoms with Crippen LogP contribution in [0.2, 0.25) is 0 Å². The Morgan fingerprint density at radius 1 is 1.08 bits per heavy atom. The molecule has 24 heavy (non-hydrogen) atoms. The van der Waals surface area contributed by atoms with Gasteiger partial charge in [0.05, 0.1) is 7.11 Å². The van der Waals surface area contributed by atoms with Crippen molar-refractivity contribution in [2.75, 3.05) is 7.11 Å². The normalized spacial score (nSPS) is 11.5. The molecular weight excluding hydrogens is 300 g/mol. The summed E-state index contributed by atoms with van der Waals surface area (Å²) in [7, 11) is 1.64. The van der Waals surface area contributed by atoms with E-state index in [-0.39, 0.29) is 0 Å². The largest absolute Gasteiger partial charge is 0.481 e. The lowest BCUT2D eigenvalue weighted by molar-refractivity contribution is 0.395. The topological polar surface area (TPSA) is 48.2 Å². The van der Waals surface area contributed by atoms with Crippen molar-refractivity contribution < 1.29 is 9.15 Å². The third-order valence-corrected chi connectivity index (χ3v) is 4.25. The predicted molar refractivity (Wildman–Crippen MR) is 97.3 cm³/mol. The van der Waals surface area contributed by atoms with E-state index in [0.717, 1.165) is 39.9 Å². The molecule has 3 rings (SSSR count). The zero-order valence-electron chi connectivity index (χ0n) is 14.8. The first kappa shape index (κ1) is 16.2. The number of benzene rings is 1. The second-order valence-electron chi connectivity index (χ2n) is 5.95. The molecule has 0 bridgehead atoms. The molecule has 0 fully saturated rings. The fourth-order valence-electron chi connectivity index (χ4n) is 2.79. The maximum absolute atomic E-state index is 5.90. The molecule has 0 aliphatic rings. The fraction of sp³-hybridized carbons (Fsp3) is 0.300. The van der Waals surface area contributed by atoms with Crippen molar-refractivity contribution in [3.8, 4) is 5.88 Å². The predicted octanol–water partition coefficient (Wildman–Crippen LogP) is 4.89. The maximum Gasteiger partial charge on any atom is 0.220 e. The fourth-order valence-corrected chi connectivity index (χ4v) is 2.79. The minimum Gasteiger partial charge on any atom is -0.481 e. The van der Waals surface area contributed by atoms with Crippen molar-refractivity contribution in [3.05, 3.63) is 52.0 Å². The van der Waals surface area contributed by atoms with Crippen molar-refractivity contribution >= 4 is 23.3 Å². The molecule has 0 spiro atoms. The zero-order valence-corrected chi connectivity index (χ0v) is 14.8. The van der Waals surface area contributed by atoms with E-state index in [2.05, 4.69) is 35.1 Å². The van der Waals surface area contributed by atoms with Gasteiger partial charge in [-0.3, -0.25) is 0 Å². The van der Waals surface area contributed by atoms with Gasteiger partial charge in [0, 0.05) is 17.3 Å². The highest BCUT2D eigenvalue weighted by Gasteiger charge is 2.10. The average Bonchev–Trinajstić information content (AvgIpc) is 3.02. The minimum atomic E-state index is 0.586. The van der Waals surface area contributed by atoms with Crippen LogP contribution in [0.5, 0.6) is 5.88 Å². The Morgan fingerprint density at radius 3 is 2.50 bits per heavy atom. The Bertz CT molecular complexity index is 884. The van der Waals surface area contributed by atoms with Crippen molar-refractivity contribution in [2.24, 2.45) is 0 Å². The van der Waals surface area contributed by atoms with Crippen LogP contribution < -0.4 is 4.74 Å². The maximum atomic E-state index is 5.90. The number of oxazole rings is 1. The summed E-state index contributed by atoms with van der Waals surface area (Å²) < 4.78 is 11.3. The van der Waals surface area contributed by atoms with Crippen LogP contribution in [0.25, 0.3) is 23.3 Å². The molecule has 0 amide bonds. The lowest BCUT2D eigenvalue weighted by atomic mass is 10.1. The van der Waals surface area contributed by atoms with E-state index in [1.807, 2.05) is 32.9 Å². The summed E-state index contributed by atoms with van der Waals surface area (Å²) >= 11 is 0. The second-order valence-corrected chi connectivity index (χ2v) is 5.95. The number of hydrogen-bond acceptors (Lipinski definition) is 4. The molecule has 4 heteroatoms. The van der Waals surface area contributed by atoms with Crippen LogP contribution in [0.4, 0.5) is 0 Å². The summed E-state index contributed by atoms with van der Waals surface area (Å²) in [6.07, 6.45) is 4.75. The van der Waals surface area contributed by atoms with Gasteiger partial charge >= 0.3 is 0 Å². The first-order valence-corrected chi connectivity index (χ1v) is 8.12. The SMILES string of the molecule is CCc1cc(C=Cc2nc3c(C)ccc(C)c3o2)c(OC)nc1C. The van der Waals surface area contributed by atoms with E-state index in [1.165, 1.54) is 5.56 Å². The van der Waals surface area contributed by atoms with Crippen LogP contribution in [-0.2, 0) is 6.42 Å². The van der Waals surface area contributed by atoms with E-state index >= 15 is 0 Å². The first-order chi connectivity index (χ1) is 11.5. The van der Waals surface area contributed by atoms with Crippen LogP contribution in [-0.4, -0.2) is 17.1 Å². The molecule has 4 nitrogen and oxygen atoms in total. The van der Waals surface area contributed by atoms with Crippen molar-refractivity contribution in [1.82, 2.24) is 9.97 Å². The molecule has 0 saturated heterocycles. The van der Waals surface area contributed by atoms with Gasteiger partial charge in [-0.2, -0.15) is 0 Å². The number of aromatic nitrogens is 2.